The molecular weight excluding hydrogens is 530 g/mol. The van der Waals surface area contributed by atoms with E-state index in [2.05, 4.69) is 31.5 Å². The third kappa shape index (κ3) is 6.79. The Morgan fingerprint density at radius 3 is 2.38 bits per heavy atom. The summed E-state index contributed by atoms with van der Waals surface area (Å²) >= 11 is 6.29. The fourth-order valence-electron chi connectivity index (χ4n) is 3.15. The van der Waals surface area contributed by atoms with E-state index in [-0.39, 0.29) is 17.1 Å². The summed E-state index contributed by atoms with van der Waals surface area (Å²) in [5.41, 5.74) is 3.53. The highest BCUT2D eigenvalue weighted by molar-refractivity contribution is 9.10. The first-order chi connectivity index (χ1) is 16.5. The van der Waals surface area contributed by atoms with E-state index in [0.717, 1.165) is 31.9 Å². The van der Waals surface area contributed by atoms with Gasteiger partial charge in [-0.1, -0.05) is 58.4 Å². The number of benzene rings is 3. The number of hydrogen-bond acceptors (Lipinski definition) is 5. The van der Waals surface area contributed by atoms with Crippen molar-refractivity contribution in [3.05, 3.63) is 94.3 Å². The molecule has 3 aromatic carbocycles. The maximum atomic E-state index is 12.7. The quantitative estimate of drug-likeness (QED) is 0.234. The largest absolute Gasteiger partial charge is 0.326 e. The van der Waals surface area contributed by atoms with E-state index in [0.29, 0.717) is 11.6 Å². The molecule has 1 aromatic heterocycles. The number of carbonyl (C=O) groups is 2. The summed E-state index contributed by atoms with van der Waals surface area (Å²) in [6, 6.07) is 25.0. The van der Waals surface area contributed by atoms with Gasteiger partial charge in [-0.15, -0.1) is 23.1 Å². The second-order valence-corrected chi connectivity index (χ2v) is 10.7. The normalized spacial score (nSPS) is 11.6. The molecule has 8 heteroatoms. The van der Waals surface area contributed by atoms with Crippen LogP contribution in [0.15, 0.2) is 93.6 Å². The summed E-state index contributed by atoms with van der Waals surface area (Å²) in [4.78, 5) is 30.4. The molecule has 1 unspecified atom stereocenters. The smallest absolute Gasteiger partial charge is 0.239 e. The van der Waals surface area contributed by atoms with Crippen LogP contribution in [0.3, 0.4) is 0 Å². The molecule has 0 saturated heterocycles. The van der Waals surface area contributed by atoms with Gasteiger partial charge in [-0.25, -0.2) is 4.98 Å². The number of carbonyl (C=O) groups excluding carboxylic acids is 2. The minimum Gasteiger partial charge on any atom is -0.326 e. The summed E-state index contributed by atoms with van der Waals surface area (Å²) in [5.74, 6) is -0.174. The zero-order chi connectivity index (χ0) is 23.9. The lowest BCUT2D eigenvalue weighted by atomic mass is 10.1. The SMILES string of the molecule is CC(Sc1ccc(NC(=O)Cc2ccccc2)cc1)C(=O)Nc1nc(-c2ccc(Br)cc2)cs1. The molecule has 0 aliphatic heterocycles. The molecule has 1 heterocycles. The predicted octanol–water partition coefficient (Wildman–Crippen LogP) is 6.87. The van der Waals surface area contributed by atoms with Gasteiger partial charge in [-0.05, 0) is 48.9 Å². The molecule has 2 N–H and O–H groups in total. The van der Waals surface area contributed by atoms with Crippen LogP contribution < -0.4 is 10.6 Å². The van der Waals surface area contributed by atoms with E-state index < -0.39 is 0 Å². The van der Waals surface area contributed by atoms with Crippen molar-refractivity contribution >= 4 is 61.7 Å². The van der Waals surface area contributed by atoms with Crippen LogP contribution in [0.1, 0.15) is 12.5 Å². The summed E-state index contributed by atoms with van der Waals surface area (Å²) in [5, 5.41) is 8.01. The second-order valence-electron chi connectivity index (χ2n) is 7.53. The van der Waals surface area contributed by atoms with Gasteiger partial charge in [0.25, 0.3) is 0 Å². The van der Waals surface area contributed by atoms with Crippen molar-refractivity contribution in [1.82, 2.24) is 4.98 Å². The van der Waals surface area contributed by atoms with Gasteiger partial charge in [0.2, 0.25) is 11.8 Å². The molecule has 4 rings (SSSR count). The molecule has 34 heavy (non-hydrogen) atoms. The van der Waals surface area contributed by atoms with Gasteiger partial charge in [-0.3, -0.25) is 9.59 Å². The number of hydrogen-bond donors (Lipinski definition) is 2. The number of anilines is 2. The fourth-order valence-corrected chi connectivity index (χ4v) is 5.01. The molecule has 0 aliphatic carbocycles. The first kappa shape index (κ1) is 24.2. The highest BCUT2D eigenvalue weighted by atomic mass is 79.9. The number of thioether (sulfide) groups is 1. The van der Waals surface area contributed by atoms with Crippen molar-refractivity contribution in [3.63, 3.8) is 0 Å². The first-order valence-corrected chi connectivity index (χ1v) is 13.1. The van der Waals surface area contributed by atoms with Crippen LogP contribution >= 0.6 is 39.0 Å². The van der Waals surface area contributed by atoms with Gasteiger partial charge in [0.05, 0.1) is 17.4 Å². The minimum atomic E-state index is -0.307. The second kappa shape index (κ2) is 11.5. The lowest BCUT2D eigenvalue weighted by Crippen LogP contribution is -2.22. The van der Waals surface area contributed by atoms with Crippen molar-refractivity contribution < 1.29 is 9.59 Å². The van der Waals surface area contributed by atoms with Crippen molar-refractivity contribution in [2.24, 2.45) is 0 Å². The Balaban J connectivity index is 1.28. The van der Waals surface area contributed by atoms with Crippen molar-refractivity contribution in [2.75, 3.05) is 10.6 Å². The van der Waals surface area contributed by atoms with Gasteiger partial charge < -0.3 is 10.6 Å². The Kier molecular flexibility index (Phi) is 8.16. The molecule has 172 valence electrons. The van der Waals surface area contributed by atoms with Crippen LogP contribution in [-0.2, 0) is 16.0 Å². The molecule has 0 spiro atoms. The van der Waals surface area contributed by atoms with E-state index in [9.17, 15) is 9.59 Å². The molecule has 4 aromatic rings. The summed E-state index contributed by atoms with van der Waals surface area (Å²) in [6.07, 6.45) is 0.328. The summed E-state index contributed by atoms with van der Waals surface area (Å²) in [7, 11) is 0. The number of nitrogens with zero attached hydrogens (tertiary/aromatic N) is 1. The van der Waals surface area contributed by atoms with Crippen molar-refractivity contribution in [2.45, 2.75) is 23.5 Å². The highest BCUT2D eigenvalue weighted by Crippen LogP contribution is 2.28. The summed E-state index contributed by atoms with van der Waals surface area (Å²) in [6.45, 7) is 1.86. The van der Waals surface area contributed by atoms with Crippen LogP contribution in [0, 0.1) is 0 Å². The number of thiazole rings is 1. The molecule has 0 aliphatic rings. The molecule has 0 radical (unpaired) electrons. The average molecular weight is 553 g/mol. The molecule has 5 nitrogen and oxygen atoms in total. The van der Waals surface area contributed by atoms with Crippen LogP contribution in [0.4, 0.5) is 10.8 Å². The zero-order valence-corrected chi connectivity index (χ0v) is 21.5. The van der Waals surface area contributed by atoms with E-state index in [1.54, 1.807) is 0 Å². The number of aromatic nitrogens is 1. The lowest BCUT2D eigenvalue weighted by Gasteiger charge is -2.11. The Morgan fingerprint density at radius 2 is 1.68 bits per heavy atom. The Hall–Kier alpha value is -2.94. The number of amides is 2. The fraction of sp³-hybridized carbons (Fsp3) is 0.115. The predicted molar refractivity (Wildman–Crippen MR) is 144 cm³/mol. The number of nitrogens with one attached hydrogen (secondary N) is 2. The zero-order valence-electron chi connectivity index (χ0n) is 18.3. The van der Waals surface area contributed by atoms with E-state index in [4.69, 9.17) is 0 Å². The molecule has 2 amide bonds. The van der Waals surface area contributed by atoms with E-state index in [1.807, 2.05) is 91.2 Å². The third-order valence-electron chi connectivity index (χ3n) is 4.90. The topological polar surface area (TPSA) is 71.1 Å². The van der Waals surface area contributed by atoms with Gasteiger partial charge in [-0.2, -0.15) is 0 Å². The first-order valence-electron chi connectivity index (χ1n) is 10.6. The highest BCUT2D eigenvalue weighted by Gasteiger charge is 2.16. The van der Waals surface area contributed by atoms with E-state index >= 15 is 0 Å². The van der Waals surface area contributed by atoms with Crippen LogP contribution in [0.2, 0.25) is 0 Å². The number of rotatable bonds is 8. The Bertz CT molecular complexity index is 1260. The molecule has 0 bridgehead atoms. The van der Waals surface area contributed by atoms with Crippen LogP contribution in [0.5, 0.6) is 0 Å². The van der Waals surface area contributed by atoms with E-state index in [1.165, 1.54) is 23.1 Å². The van der Waals surface area contributed by atoms with Crippen LogP contribution in [-0.4, -0.2) is 22.0 Å². The van der Waals surface area contributed by atoms with Gasteiger partial charge in [0, 0.05) is 26.0 Å². The van der Waals surface area contributed by atoms with Crippen molar-refractivity contribution in [3.8, 4) is 11.3 Å². The monoisotopic (exact) mass is 551 g/mol. The minimum absolute atomic E-state index is 0.0645. The maximum absolute atomic E-state index is 12.7. The van der Waals surface area contributed by atoms with Gasteiger partial charge in [0.1, 0.15) is 0 Å². The lowest BCUT2D eigenvalue weighted by molar-refractivity contribution is -0.116. The Labute approximate surface area is 215 Å². The van der Waals surface area contributed by atoms with Crippen LogP contribution in [0.25, 0.3) is 11.3 Å². The maximum Gasteiger partial charge on any atom is 0.239 e. The average Bonchev–Trinajstić information content (AvgIpc) is 3.30. The van der Waals surface area contributed by atoms with Gasteiger partial charge >= 0.3 is 0 Å². The summed E-state index contributed by atoms with van der Waals surface area (Å²) < 4.78 is 1.01. The third-order valence-corrected chi connectivity index (χ3v) is 7.30. The number of halogens is 1. The molecule has 0 fully saturated rings. The standard InChI is InChI=1S/C26H22BrN3O2S2/c1-17(25(32)30-26-29-23(16-33-26)19-7-9-20(27)10-8-19)34-22-13-11-21(12-14-22)28-24(31)15-18-5-3-2-4-6-18/h2-14,16-17H,15H2,1H3,(H,28,31)(H,29,30,32). The molecule has 1 atom stereocenters. The van der Waals surface area contributed by atoms with Gasteiger partial charge in [0.15, 0.2) is 5.13 Å². The molecule has 0 saturated carbocycles. The van der Waals surface area contributed by atoms with Crippen molar-refractivity contribution in [1.29, 1.82) is 0 Å². The molecular formula is C26H22BrN3O2S2. The Morgan fingerprint density at radius 1 is 0.971 bits per heavy atom.